The number of nitrogens with zero attached hydrogens (tertiary/aromatic N) is 2. The van der Waals surface area contributed by atoms with Crippen LogP contribution in [0, 0.1) is 0 Å². The van der Waals surface area contributed by atoms with Crippen molar-refractivity contribution in [1.29, 1.82) is 0 Å². The second-order valence-corrected chi connectivity index (χ2v) is 2.41. The lowest BCUT2D eigenvalue weighted by Crippen LogP contribution is -2.42. The highest BCUT2D eigenvalue weighted by atomic mass is 16.2. The summed E-state index contributed by atoms with van der Waals surface area (Å²) in [7, 11) is 0. The van der Waals surface area contributed by atoms with Crippen molar-refractivity contribution in [3.63, 3.8) is 0 Å². The summed E-state index contributed by atoms with van der Waals surface area (Å²) < 4.78 is 0. The number of rotatable bonds is 0. The van der Waals surface area contributed by atoms with E-state index < -0.39 is 0 Å². The van der Waals surface area contributed by atoms with E-state index in [-0.39, 0.29) is 11.8 Å². The summed E-state index contributed by atoms with van der Waals surface area (Å²) in [5.41, 5.74) is 0. The van der Waals surface area contributed by atoms with Crippen LogP contribution in [0.3, 0.4) is 0 Å². The number of allylic oxidation sites excluding steroid dienone is 2. The number of hydrogen-bond acceptors (Lipinski definition) is 2. The summed E-state index contributed by atoms with van der Waals surface area (Å²) in [4.78, 5) is 21.9. The summed E-state index contributed by atoms with van der Waals surface area (Å²) in [6, 6.07) is 0. The summed E-state index contributed by atoms with van der Waals surface area (Å²) in [5.74, 6) is -0.378. The van der Waals surface area contributed by atoms with Gasteiger partial charge in [0.25, 0.3) is 0 Å². The molecule has 0 atom stereocenters. The molecule has 0 saturated heterocycles. The third-order valence-electron chi connectivity index (χ3n) is 1.44. The Hall–Kier alpha value is -1.58. The molecule has 0 saturated carbocycles. The van der Waals surface area contributed by atoms with E-state index in [1.807, 2.05) is 0 Å². The molecule has 0 bridgehead atoms. The van der Waals surface area contributed by atoms with E-state index >= 15 is 0 Å². The highest BCUT2D eigenvalue weighted by molar-refractivity contribution is 5.81. The van der Waals surface area contributed by atoms with E-state index in [0.717, 1.165) is 0 Å². The molecule has 0 spiro atoms. The van der Waals surface area contributed by atoms with Gasteiger partial charge >= 0.3 is 0 Å². The minimum absolute atomic E-state index is 0.189. The molecular weight excluding hydrogens is 156 g/mol. The molecule has 64 valence electrons. The predicted molar refractivity (Wildman–Crippen MR) is 43.3 cm³/mol. The SMILES string of the molecule is CC(=O)N1C=CC=CN1C(C)=O. The number of carbonyl (C=O) groups excluding carboxylic acids is 2. The quantitative estimate of drug-likeness (QED) is 0.529. The first-order valence-electron chi connectivity index (χ1n) is 3.57. The molecule has 0 aliphatic carbocycles. The Balaban J connectivity index is 2.85. The van der Waals surface area contributed by atoms with Crippen LogP contribution in [-0.2, 0) is 9.59 Å². The van der Waals surface area contributed by atoms with Crippen LogP contribution < -0.4 is 0 Å². The minimum Gasteiger partial charge on any atom is -0.273 e. The van der Waals surface area contributed by atoms with Gasteiger partial charge in [0, 0.05) is 26.2 Å². The first-order chi connectivity index (χ1) is 5.63. The van der Waals surface area contributed by atoms with Gasteiger partial charge in [-0.2, -0.15) is 0 Å². The molecule has 4 heteroatoms. The topological polar surface area (TPSA) is 40.6 Å². The van der Waals surface area contributed by atoms with Gasteiger partial charge in [0.2, 0.25) is 11.8 Å². The van der Waals surface area contributed by atoms with Gasteiger partial charge in [0.1, 0.15) is 0 Å². The first-order valence-corrected chi connectivity index (χ1v) is 3.57. The Labute approximate surface area is 70.7 Å². The zero-order chi connectivity index (χ0) is 9.14. The fourth-order valence-corrected chi connectivity index (χ4v) is 0.919. The number of hydrazine groups is 1. The first kappa shape index (κ1) is 8.52. The van der Waals surface area contributed by atoms with Crippen molar-refractivity contribution in [2.45, 2.75) is 13.8 Å². The predicted octanol–water partition coefficient (Wildman–Crippen LogP) is 0.639. The van der Waals surface area contributed by atoms with Gasteiger partial charge in [0.05, 0.1) is 0 Å². The van der Waals surface area contributed by atoms with Crippen molar-refractivity contribution < 1.29 is 9.59 Å². The van der Waals surface area contributed by atoms with E-state index in [9.17, 15) is 9.59 Å². The van der Waals surface area contributed by atoms with E-state index in [4.69, 9.17) is 0 Å². The molecule has 0 aromatic rings. The molecule has 0 aromatic carbocycles. The summed E-state index contributed by atoms with van der Waals surface area (Å²) in [6.07, 6.45) is 6.48. The number of carbonyl (C=O) groups is 2. The monoisotopic (exact) mass is 166 g/mol. The minimum atomic E-state index is -0.189. The lowest BCUT2D eigenvalue weighted by Gasteiger charge is -2.28. The zero-order valence-electron chi connectivity index (χ0n) is 7.02. The Morgan fingerprint density at radius 2 is 1.25 bits per heavy atom. The van der Waals surface area contributed by atoms with Crippen LogP contribution in [0.1, 0.15) is 13.8 Å². The summed E-state index contributed by atoms with van der Waals surface area (Å²) in [6.45, 7) is 2.80. The van der Waals surface area contributed by atoms with Crippen LogP contribution in [0.5, 0.6) is 0 Å². The van der Waals surface area contributed by atoms with Crippen LogP contribution in [0.4, 0.5) is 0 Å². The van der Waals surface area contributed by atoms with Gasteiger partial charge in [-0.3, -0.25) is 9.59 Å². The van der Waals surface area contributed by atoms with Crippen LogP contribution >= 0.6 is 0 Å². The largest absolute Gasteiger partial charge is 0.273 e. The Bertz CT molecular complexity index is 240. The molecule has 0 radical (unpaired) electrons. The fraction of sp³-hybridized carbons (Fsp3) is 0.250. The van der Waals surface area contributed by atoms with Crippen molar-refractivity contribution in [2.75, 3.05) is 0 Å². The maximum absolute atomic E-state index is 11.0. The van der Waals surface area contributed by atoms with Crippen LogP contribution in [0.15, 0.2) is 24.6 Å². The lowest BCUT2D eigenvalue weighted by atomic mass is 10.4. The lowest BCUT2D eigenvalue weighted by molar-refractivity contribution is -0.150. The fourth-order valence-electron chi connectivity index (χ4n) is 0.919. The van der Waals surface area contributed by atoms with E-state index in [1.54, 1.807) is 24.6 Å². The van der Waals surface area contributed by atoms with Crippen LogP contribution in [0.25, 0.3) is 0 Å². The third kappa shape index (κ3) is 1.53. The maximum Gasteiger partial charge on any atom is 0.242 e. The van der Waals surface area contributed by atoms with Gasteiger partial charge in [-0.05, 0) is 12.2 Å². The van der Waals surface area contributed by atoms with Crippen molar-refractivity contribution in [3.8, 4) is 0 Å². The normalized spacial score (nSPS) is 15.2. The van der Waals surface area contributed by atoms with Gasteiger partial charge in [-0.1, -0.05) is 0 Å². The third-order valence-corrected chi connectivity index (χ3v) is 1.44. The molecule has 0 N–H and O–H groups in total. The smallest absolute Gasteiger partial charge is 0.242 e. The second-order valence-electron chi connectivity index (χ2n) is 2.41. The van der Waals surface area contributed by atoms with Crippen molar-refractivity contribution >= 4 is 11.8 Å². The van der Waals surface area contributed by atoms with Gasteiger partial charge < -0.3 is 0 Å². The van der Waals surface area contributed by atoms with Crippen molar-refractivity contribution in [2.24, 2.45) is 0 Å². The number of hydrogen-bond donors (Lipinski definition) is 0. The van der Waals surface area contributed by atoms with E-state index in [0.29, 0.717) is 0 Å². The van der Waals surface area contributed by atoms with E-state index in [1.165, 1.54) is 23.9 Å². The Morgan fingerprint density at radius 3 is 1.50 bits per heavy atom. The highest BCUT2D eigenvalue weighted by Crippen LogP contribution is 2.06. The Morgan fingerprint density at radius 1 is 0.917 bits per heavy atom. The van der Waals surface area contributed by atoms with E-state index in [2.05, 4.69) is 0 Å². The molecule has 2 amide bonds. The standard InChI is InChI=1S/C8H10N2O2/c1-7(11)9-5-3-4-6-10(9)8(2)12/h3-6H,1-2H3. The summed E-state index contributed by atoms with van der Waals surface area (Å²) >= 11 is 0. The maximum atomic E-state index is 11.0. The molecule has 1 rings (SSSR count). The molecule has 4 nitrogen and oxygen atoms in total. The summed E-state index contributed by atoms with van der Waals surface area (Å²) in [5, 5.41) is 2.50. The average Bonchev–Trinajstić information content (AvgIpc) is 2.04. The van der Waals surface area contributed by atoms with Gasteiger partial charge in [-0.15, -0.1) is 0 Å². The molecule has 12 heavy (non-hydrogen) atoms. The molecule has 1 heterocycles. The molecule has 1 aliphatic heterocycles. The van der Waals surface area contributed by atoms with Gasteiger partial charge in [-0.25, -0.2) is 10.0 Å². The molecule has 0 aromatic heterocycles. The molecule has 0 unspecified atom stereocenters. The molecule has 1 aliphatic rings. The van der Waals surface area contributed by atoms with Gasteiger partial charge in [0.15, 0.2) is 0 Å². The molecule has 0 fully saturated rings. The van der Waals surface area contributed by atoms with Crippen LogP contribution in [0.2, 0.25) is 0 Å². The number of amides is 2. The second kappa shape index (κ2) is 3.21. The Kier molecular flexibility index (Phi) is 2.28. The van der Waals surface area contributed by atoms with Crippen LogP contribution in [-0.4, -0.2) is 21.8 Å². The van der Waals surface area contributed by atoms with Crippen molar-refractivity contribution in [3.05, 3.63) is 24.6 Å². The average molecular weight is 166 g/mol. The van der Waals surface area contributed by atoms with Crippen molar-refractivity contribution in [1.82, 2.24) is 10.0 Å². The highest BCUT2D eigenvalue weighted by Gasteiger charge is 2.17. The molecular formula is C8H10N2O2. The zero-order valence-corrected chi connectivity index (χ0v) is 7.02.